The predicted molar refractivity (Wildman–Crippen MR) is 78.7 cm³/mol. The van der Waals surface area contributed by atoms with Crippen LogP contribution < -0.4 is 11.1 Å². The van der Waals surface area contributed by atoms with Gasteiger partial charge in [-0.25, -0.2) is 0 Å². The highest BCUT2D eigenvalue weighted by Gasteiger charge is 2.27. The fourth-order valence-corrected chi connectivity index (χ4v) is 3.65. The molecule has 19 heavy (non-hydrogen) atoms. The molecule has 0 aromatic rings. The SMILES string of the molecule is C[C@@H](NC(=O)C1CCC(N)CC1)C1CCCCCC1. The average molecular weight is 266 g/mol. The molecule has 2 aliphatic carbocycles. The summed E-state index contributed by atoms with van der Waals surface area (Å²) in [6, 6.07) is 0.671. The van der Waals surface area contributed by atoms with Gasteiger partial charge < -0.3 is 11.1 Å². The van der Waals surface area contributed by atoms with Crippen LogP contribution >= 0.6 is 0 Å². The normalized spacial score (nSPS) is 31.5. The fraction of sp³-hybridized carbons (Fsp3) is 0.938. The topological polar surface area (TPSA) is 55.1 Å². The van der Waals surface area contributed by atoms with Crippen LogP contribution in [0, 0.1) is 11.8 Å². The number of nitrogens with one attached hydrogen (secondary N) is 1. The number of amides is 1. The molecule has 3 nitrogen and oxygen atoms in total. The van der Waals surface area contributed by atoms with E-state index >= 15 is 0 Å². The Morgan fingerprint density at radius 3 is 2.16 bits per heavy atom. The van der Waals surface area contributed by atoms with Crippen molar-refractivity contribution in [2.45, 2.75) is 83.2 Å². The summed E-state index contributed by atoms with van der Waals surface area (Å²) in [6.45, 7) is 2.20. The van der Waals surface area contributed by atoms with Crippen molar-refractivity contribution >= 4 is 5.91 Å². The Labute approximate surface area is 117 Å². The minimum Gasteiger partial charge on any atom is -0.353 e. The summed E-state index contributed by atoms with van der Waals surface area (Å²) < 4.78 is 0. The molecule has 2 rings (SSSR count). The maximum Gasteiger partial charge on any atom is 0.223 e. The molecular formula is C16H30N2O. The third-order valence-corrected chi connectivity index (χ3v) is 5.12. The molecule has 2 saturated carbocycles. The molecular weight excluding hydrogens is 236 g/mol. The highest BCUT2D eigenvalue weighted by molar-refractivity contribution is 5.79. The monoisotopic (exact) mass is 266 g/mol. The Balaban J connectivity index is 1.77. The first kappa shape index (κ1) is 14.8. The van der Waals surface area contributed by atoms with E-state index in [9.17, 15) is 4.79 Å². The highest BCUT2D eigenvalue weighted by Crippen LogP contribution is 2.27. The van der Waals surface area contributed by atoms with Gasteiger partial charge in [-0.2, -0.15) is 0 Å². The Bertz CT molecular complexity index is 276. The number of nitrogens with two attached hydrogens (primary N) is 1. The van der Waals surface area contributed by atoms with E-state index in [0.29, 0.717) is 18.0 Å². The Hall–Kier alpha value is -0.570. The standard InChI is InChI=1S/C16H30N2O/c1-12(13-6-4-2-3-5-7-13)18-16(19)14-8-10-15(17)11-9-14/h12-15H,2-11,17H2,1H3,(H,18,19)/t12-,14?,15?/m1/s1. The van der Waals surface area contributed by atoms with Crippen LogP contribution in [0.3, 0.4) is 0 Å². The van der Waals surface area contributed by atoms with Crippen molar-refractivity contribution in [1.29, 1.82) is 0 Å². The molecule has 1 atom stereocenters. The number of carbonyl (C=O) groups excluding carboxylic acids is 1. The van der Waals surface area contributed by atoms with Crippen LogP contribution in [0.5, 0.6) is 0 Å². The quantitative estimate of drug-likeness (QED) is 0.772. The summed E-state index contributed by atoms with van der Waals surface area (Å²) in [4.78, 5) is 12.3. The number of carbonyl (C=O) groups is 1. The van der Waals surface area contributed by atoms with Gasteiger partial charge >= 0.3 is 0 Å². The van der Waals surface area contributed by atoms with Crippen molar-refractivity contribution in [3.8, 4) is 0 Å². The van der Waals surface area contributed by atoms with E-state index in [1.165, 1.54) is 38.5 Å². The zero-order chi connectivity index (χ0) is 13.7. The van der Waals surface area contributed by atoms with E-state index in [-0.39, 0.29) is 11.8 Å². The molecule has 2 fully saturated rings. The van der Waals surface area contributed by atoms with Crippen LogP contribution in [0.25, 0.3) is 0 Å². The average Bonchev–Trinajstić information content (AvgIpc) is 2.68. The van der Waals surface area contributed by atoms with Gasteiger partial charge in [-0.05, 0) is 51.4 Å². The van der Waals surface area contributed by atoms with Gasteiger partial charge in [-0.1, -0.05) is 25.7 Å². The smallest absolute Gasteiger partial charge is 0.223 e. The molecule has 2 aliphatic rings. The minimum atomic E-state index is 0.216. The van der Waals surface area contributed by atoms with E-state index in [1.807, 2.05) is 0 Å². The second kappa shape index (κ2) is 7.28. The second-order valence-electron chi connectivity index (χ2n) is 6.66. The molecule has 0 aliphatic heterocycles. The Kier molecular flexibility index (Phi) is 5.68. The summed E-state index contributed by atoms with van der Waals surface area (Å²) in [7, 11) is 0. The molecule has 110 valence electrons. The van der Waals surface area contributed by atoms with Gasteiger partial charge in [0.1, 0.15) is 0 Å². The lowest BCUT2D eigenvalue weighted by atomic mass is 9.85. The largest absolute Gasteiger partial charge is 0.353 e. The first-order valence-corrected chi connectivity index (χ1v) is 8.22. The lowest BCUT2D eigenvalue weighted by molar-refractivity contribution is -0.127. The van der Waals surface area contributed by atoms with E-state index in [0.717, 1.165) is 25.7 Å². The molecule has 0 unspecified atom stereocenters. The minimum absolute atomic E-state index is 0.216. The number of hydrogen-bond acceptors (Lipinski definition) is 2. The van der Waals surface area contributed by atoms with Crippen LogP contribution in [0.1, 0.15) is 71.1 Å². The maximum absolute atomic E-state index is 12.3. The molecule has 0 saturated heterocycles. The fourth-order valence-electron chi connectivity index (χ4n) is 3.65. The van der Waals surface area contributed by atoms with Crippen LogP contribution in [0.15, 0.2) is 0 Å². The summed E-state index contributed by atoms with van der Waals surface area (Å²) in [5, 5.41) is 3.28. The lowest BCUT2D eigenvalue weighted by Crippen LogP contribution is -2.43. The Morgan fingerprint density at radius 1 is 1.00 bits per heavy atom. The van der Waals surface area contributed by atoms with Gasteiger partial charge in [0.05, 0.1) is 0 Å². The molecule has 0 bridgehead atoms. The second-order valence-corrected chi connectivity index (χ2v) is 6.66. The zero-order valence-electron chi connectivity index (χ0n) is 12.4. The first-order chi connectivity index (χ1) is 9.16. The molecule has 0 heterocycles. The number of rotatable bonds is 3. The van der Waals surface area contributed by atoms with E-state index in [1.54, 1.807) is 0 Å². The predicted octanol–water partition coefficient (Wildman–Crippen LogP) is 2.98. The van der Waals surface area contributed by atoms with Crippen molar-refractivity contribution in [1.82, 2.24) is 5.32 Å². The van der Waals surface area contributed by atoms with Gasteiger partial charge in [0, 0.05) is 18.0 Å². The molecule has 0 radical (unpaired) electrons. The zero-order valence-corrected chi connectivity index (χ0v) is 12.4. The third-order valence-electron chi connectivity index (χ3n) is 5.12. The van der Waals surface area contributed by atoms with Gasteiger partial charge in [0.25, 0.3) is 0 Å². The molecule has 1 amide bonds. The van der Waals surface area contributed by atoms with Gasteiger partial charge in [0.15, 0.2) is 0 Å². The van der Waals surface area contributed by atoms with E-state index < -0.39 is 0 Å². The maximum atomic E-state index is 12.3. The van der Waals surface area contributed by atoms with Crippen molar-refractivity contribution < 1.29 is 4.79 Å². The van der Waals surface area contributed by atoms with Gasteiger partial charge in [-0.3, -0.25) is 4.79 Å². The molecule has 3 N–H and O–H groups in total. The van der Waals surface area contributed by atoms with Crippen LogP contribution in [0.4, 0.5) is 0 Å². The van der Waals surface area contributed by atoms with Crippen molar-refractivity contribution in [3.05, 3.63) is 0 Å². The molecule has 0 aromatic heterocycles. The Morgan fingerprint density at radius 2 is 1.58 bits per heavy atom. The van der Waals surface area contributed by atoms with Crippen LogP contribution in [0.2, 0.25) is 0 Å². The highest BCUT2D eigenvalue weighted by atomic mass is 16.1. The van der Waals surface area contributed by atoms with Crippen LogP contribution in [-0.2, 0) is 4.79 Å². The summed E-state index contributed by atoms with van der Waals surface area (Å²) in [6.07, 6.45) is 12.0. The van der Waals surface area contributed by atoms with Crippen molar-refractivity contribution in [2.24, 2.45) is 17.6 Å². The molecule has 0 aromatic carbocycles. The van der Waals surface area contributed by atoms with Crippen LogP contribution in [-0.4, -0.2) is 18.0 Å². The first-order valence-electron chi connectivity index (χ1n) is 8.22. The summed E-state index contributed by atoms with van der Waals surface area (Å²) in [5.74, 6) is 1.19. The lowest BCUT2D eigenvalue weighted by Gasteiger charge is -2.29. The molecule has 0 spiro atoms. The van der Waals surface area contributed by atoms with Gasteiger partial charge in [-0.15, -0.1) is 0 Å². The summed E-state index contributed by atoms with van der Waals surface area (Å²) >= 11 is 0. The van der Waals surface area contributed by atoms with E-state index in [4.69, 9.17) is 5.73 Å². The molecule has 3 heteroatoms. The van der Waals surface area contributed by atoms with Crippen molar-refractivity contribution in [3.63, 3.8) is 0 Å². The van der Waals surface area contributed by atoms with E-state index in [2.05, 4.69) is 12.2 Å². The third kappa shape index (κ3) is 4.48. The van der Waals surface area contributed by atoms with Gasteiger partial charge in [0.2, 0.25) is 5.91 Å². The number of hydrogen-bond donors (Lipinski definition) is 2. The summed E-state index contributed by atoms with van der Waals surface area (Å²) in [5.41, 5.74) is 5.90. The van der Waals surface area contributed by atoms with Crippen molar-refractivity contribution in [2.75, 3.05) is 0 Å².